The molecule has 0 saturated heterocycles. The first kappa shape index (κ1) is 22.3. The number of benzene rings is 2. The van der Waals surface area contributed by atoms with Crippen molar-refractivity contribution in [2.24, 2.45) is 0 Å². The van der Waals surface area contributed by atoms with Crippen LogP contribution in [-0.4, -0.2) is 42.9 Å². The normalized spacial score (nSPS) is 14.0. The van der Waals surface area contributed by atoms with Crippen LogP contribution in [-0.2, 0) is 9.59 Å². The number of anilines is 1. The number of aryl methyl sites for hydroxylation is 2. The highest BCUT2D eigenvalue weighted by atomic mass is 16.5. The number of hydrogen-bond acceptors (Lipinski definition) is 5. The minimum absolute atomic E-state index is 0.0551. The number of hydrogen-bond donors (Lipinski definition) is 1. The number of nitrogens with one attached hydrogen (secondary N) is 1. The Labute approximate surface area is 182 Å². The van der Waals surface area contributed by atoms with Crippen LogP contribution in [0.1, 0.15) is 42.3 Å². The van der Waals surface area contributed by atoms with E-state index in [4.69, 9.17) is 9.47 Å². The number of nitrogens with zero attached hydrogens (tertiary/aromatic N) is 1. The van der Waals surface area contributed by atoms with Gasteiger partial charge in [0.2, 0.25) is 5.91 Å². The third-order valence-electron chi connectivity index (χ3n) is 5.11. The van der Waals surface area contributed by atoms with Gasteiger partial charge >= 0.3 is 0 Å². The average molecular weight is 424 g/mol. The molecule has 0 fully saturated rings. The fraction of sp³-hybridized carbons (Fsp3) is 0.375. The molecule has 0 radical (unpaired) electrons. The van der Waals surface area contributed by atoms with Crippen molar-refractivity contribution in [3.63, 3.8) is 0 Å². The molecule has 0 saturated carbocycles. The summed E-state index contributed by atoms with van der Waals surface area (Å²) >= 11 is 0. The summed E-state index contributed by atoms with van der Waals surface area (Å²) in [5.41, 5.74) is 2.69. The molecule has 2 aromatic carbocycles. The fourth-order valence-corrected chi connectivity index (χ4v) is 3.54. The molecule has 0 spiro atoms. The lowest BCUT2D eigenvalue weighted by Crippen LogP contribution is -2.52. The third-order valence-corrected chi connectivity index (χ3v) is 5.11. The summed E-state index contributed by atoms with van der Waals surface area (Å²) in [6.45, 7) is 8.92. The second-order valence-electron chi connectivity index (χ2n) is 8.01. The highest BCUT2D eigenvalue weighted by Crippen LogP contribution is 2.34. The topological polar surface area (TPSA) is 84.9 Å². The number of amides is 2. The standard InChI is InChI=1S/C24H28N2O5/c1-14(2)25-24(29)17(5)26-19-11-18(9-10-21(19)30-13-22(26)28)20(27)12-31-23-15(3)7-6-8-16(23)4/h6-11,14,17H,12-13H2,1-5H3,(H,25,29). The molecule has 7 heteroatoms. The number of para-hydroxylation sites is 1. The maximum atomic E-state index is 12.8. The minimum atomic E-state index is -0.742. The summed E-state index contributed by atoms with van der Waals surface area (Å²) in [5, 5.41) is 2.82. The zero-order chi connectivity index (χ0) is 22.7. The summed E-state index contributed by atoms with van der Waals surface area (Å²) in [6, 6.07) is 9.87. The molecule has 0 bridgehead atoms. The summed E-state index contributed by atoms with van der Waals surface area (Å²) < 4.78 is 11.3. The molecule has 7 nitrogen and oxygen atoms in total. The molecule has 2 amide bonds. The van der Waals surface area contributed by atoms with Gasteiger partial charge in [0, 0.05) is 11.6 Å². The molecular formula is C24H28N2O5. The number of carbonyl (C=O) groups excluding carboxylic acids is 3. The van der Waals surface area contributed by atoms with E-state index in [9.17, 15) is 14.4 Å². The lowest BCUT2D eigenvalue weighted by Gasteiger charge is -2.33. The van der Waals surface area contributed by atoms with E-state index in [-0.39, 0.29) is 36.9 Å². The van der Waals surface area contributed by atoms with Crippen LogP contribution < -0.4 is 19.7 Å². The van der Waals surface area contributed by atoms with Gasteiger partial charge in [0.1, 0.15) is 17.5 Å². The largest absolute Gasteiger partial charge is 0.485 e. The Hall–Kier alpha value is -3.35. The van der Waals surface area contributed by atoms with E-state index in [0.29, 0.717) is 22.7 Å². The quantitative estimate of drug-likeness (QED) is 0.690. The second-order valence-corrected chi connectivity index (χ2v) is 8.01. The summed E-state index contributed by atoms with van der Waals surface area (Å²) in [4.78, 5) is 39.3. The van der Waals surface area contributed by atoms with Gasteiger partial charge in [-0.05, 0) is 63.9 Å². The van der Waals surface area contributed by atoms with Crippen LogP contribution >= 0.6 is 0 Å². The van der Waals surface area contributed by atoms with Crippen molar-refractivity contribution >= 4 is 23.3 Å². The molecule has 164 valence electrons. The summed E-state index contributed by atoms with van der Waals surface area (Å²) in [6.07, 6.45) is 0. The van der Waals surface area contributed by atoms with Crippen molar-refractivity contribution in [3.8, 4) is 11.5 Å². The predicted molar refractivity (Wildman–Crippen MR) is 118 cm³/mol. The van der Waals surface area contributed by atoms with Crippen LogP contribution in [0.15, 0.2) is 36.4 Å². The monoisotopic (exact) mass is 424 g/mol. The average Bonchev–Trinajstić information content (AvgIpc) is 2.71. The number of rotatable bonds is 7. The third kappa shape index (κ3) is 4.87. The van der Waals surface area contributed by atoms with E-state index < -0.39 is 6.04 Å². The van der Waals surface area contributed by atoms with Crippen molar-refractivity contribution in [2.45, 2.75) is 46.7 Å². The van der Waals surface area contributed by atoms with Crippen LogP contribution in [0.5, 0.6) is 11.5 Å². The van der Waals surface area contributed by atoms with Crippen molar-refractivity contribution in [1.29, 1.82) is 0 Å². The highest BCUT2D eigenvalue weighted by Gasteiger charge is 2.33. The fourth-order valence-electron chi connectivity index (χ4n) is 3.54. The number of ketones is 1. The van der Waals surface area contributed by atoms with E-state index in [0.717, 1.165) is 11.1 Å². The molecule has 0 aromatic heterocycles. The minimum Gasteiger partial charge on any atom is -0.485 e. The first-order valence-corrected chi connectivity index (χ1v) is 10.3. The van der Waals surface area contributed by atoms with Crippen molar-refractivity contribution < 1.29 is 23.9 Å². The van der Waals surface area contributed by atoms with Gasteiger partial charge < -0.3 is 14.8 Å². The molecule has 3 rings (SSSR count). The number of fused-ring (bicyclic) bond motifs is 1. The molecular weight excluding hydrogens is 396 g/mol. The molecule has 1 aliphatic rings. The maximum Gasteiger partial charge on any atom is 0.265 e. The molecule has 1 aliphatic heterocycles. The van der Waals surface area contributed by atoms with Gasteiger partial charge in [-0.1, -0.05) is 18.2 Å². The smallest absolute Gasteiger partial charge is 0.265 e. The van der Waals surface area contributed by atoms with Gasteiger partial charge in [-0.2, -0.15) is 0 Å². The van der Waals surface area contributed by atoms with Crippen LogP contribution in [0.2, 0.25) is 0 Å². The Balaban J connectivity index is 1.83. The van der Waals surface area contributed by atoms with Crippen molar-refractivity contribution in [3.05, 3.63) is 53.1 Å². The van der Waals surface area contributed by atoms with Crippen molar-refractivity contribution in [2.75, 3.05) is 18.1 Å². The van der Waals surface area contributed by atoms with Gasteiger partial charge in [-0.3, -0.25) is 19.3 Å². The zero-order valence-corrected chi connectivity index (χ0v) is 18.5. The molecule has 1 unspecified atom stereocenters. The summed E-state index contributed by atoms with van der Waals surface area (Å²) in [5.74, 6) is 0.299. The Morgan fingerprint density at radius 2 is 1.81 bits per heavy atom. The first-order valence-electron chi connectivity index (χ1n) is 10.3. The van der Waals surface area contributed by atoms with Crippen LogP contribution in [0, 0.1) is 13.8 Å². The van der Waals surface area contributed by atoms with Crippen LogP contribution in [0.25, 0.3) is 0 Å². The van der Waals surface area contributed by atoms with Gasteiger partial charge in [0.05, 0.1) is 5.69 Å². The number of ether oxygens (including phenoxy) is 2. The zero-order valence-electron chi connectivity index (χ0n) is 18.5. The van der Waals surface area contributed by atoms with E-state index in [1.165, 1.54) is 4.90 Å². The SMILES string of the molecule is Cc1cccc(C)c1OCC(=O)c1ccc2c(c1)N(C(C)C(=O)NC(C)C)C(=O)CO2. The van der Waals surface area contributed by atoms with E-state index in [1.54, 1.807) is 25.1 Å². The number of carbonyl (C=O) groups is 3. The molecule has 0 aliphatic carbocycles. The van der Waals surface area contributed by atoms with Crippen LogP contribution in [0.4, 0.5) is 5.69 Å². The molecule has 2 aromatic rings. The molecule has 1 N–H and O–H groups in total. The molecule has 1 atom stereocenters. The second kappa shape index (κ2) is 9.20. The maximum absolute atomic E-state index is 12.8. The first-order chi connectivity index (χ1) is 14.7. The number of Topliss-reactive ketones (excluding diaryl/α,β-unsaturated/α-hetero) is 1. The van der Waals surface area contributed by atoms with Gasteiger partial charge in [0.15, 0.2) is 19.0 Å². The van der Waals surface area contributed by atoms with E-state index in [1.807, 2.05) is 45.9 Å². The summed E-state index contributed by atoms with van der Waals surface area (Å²) in [7, 11) is 0. The predicted octanol–water partition coefficient (Wildman–Crippen LogP) is 3.20. The lowest BCUT2D eigenvalue weighted by atomic mass is 10.1. The Kier molecular flexibility index (Phi) is 6.63. The van der Waals surface area contributed by atoms with Crippen LogP contribution in [0.3, 0.4) is 0 Å². The molecule has 31 heavy (non-hydrogen) atoms. The van der Waals surface area contributed by atoms with Crippen molar-refractivity contribution in [1.82, 2.24) is 5.32 Å². The Morgan fingerprint density at radius 1 is 1.13 bits per heavy atom. The van der Waals surface area contributed by atoms with E-state index >= 15 is 0 Å². The van der Waals surface area contributed by atoms with Gasteiger partial charge in [0.25, 0.3) is 5.91 Å². The molecule has 1 heterocycles. The Morgan fingerprint density at radius 3 is 2.45 bits per heavy atom. The van der Waals surface area contributed by atoms with Gasteiger partial charge in [-0.15, -0.1) is 0 Å². The Bertz CT molecular complexity index is 995. The van der Waals surface area contributed by atoms with E-state index in [2.05, 4.69) is 5.32 Å². The van der Waals surface area contributed by atoms with Gasteiger partial charge in [-0.25, -0.2) is 0 Å². The lowest BCUT2D eigenvalue weighted by molar-refractivity contribution is -0.127. The highest BCUT2D eigenvalue weighted by molar-refractivity contribution is 6.05.